The third kappa shape index (κ3) is 5.08. The van der Waals surface area contributed by atoms with Gasteiger partial charge in [-0.05, 0) is 0 Å². The number of nitrogen functional groups attached to an aromatic ring is 2. The molecular formula is C20H20B2F2N10O8P2-2. The second-order valence-corrected chi connectivity index (χ2v) is 13.1. The molecule has 10 atom stereocenters. The number of imidazole rings is 2. The summed E-state index contributed by atoms with van der Waals surface area (Å²) in [5.41, 5.74) is 12.2. The van der Waals surface area contributed by atoms with Crippen molar-refractivity contribution >= 4 is 64.0 Å². The van der Waals surface area contributed by atoms with Gasteiger partial charge < -0.3 is 63.3 Å². The zero-order valence-electron chi connectivity index (χ0n) is 22.1. The number of anilines is 2. The molecule has 2 unspecified atom stereocenters. The maximum atomic E-state index is 15.9. The summed E-state index contributed by atoms with van der Waals surface area (Å²) in [4.78, 5) is 23.9. The van der Waals surface area contributed by atoms with Gasteiger partial charge in [0, 0.05) is 0 Å². The van der Waals surface area contributed by atoms with E-state index in [0.717, 1.165) is 12.7 Å². The van der Waals surface area contributed by atoms with E-state index in [0.29, 0.717) is 0 Å². The lowest BCUT2D eigenvalue weighted by atomic mass is 10.1. The van der Waals surface area contributed by atoms with Crippen LogP contribution in [0.15, 0.2) is 25.3 Å². The molecule has 0 aromatic carbocycles. The van der Waals surface area contributed by atoms with Crippen LogP contribution in [0.1, 0.15) is 12.5 Å². The maximum absolute atomic E-state index is 15.9. The first-order chi connectivity index (χ1) is 20.9. The molecule has 7 rings (SSSR count). The lowest BCUT2D eigenvalue weighted by Crippen LogP contribution is -2.37. The van der Waals surface area contributed by atoms with Crippen molar-refractivity contribution in [2.45, 2.75) is 49.2 Å². The third-order valence-corrected chi connectivity index (χ3v) is 9.32. The first kappa shape index (κ1) is 29.6. The Bertz CT molecular complexity index is 1710. The van der Waals surface area contributed by atoms with Crippen molar-refractivity contribution in [1.29, 1.82) is 0 Å². The first-order valence-corrected chi connectivity index (χ1v) is 16.0. The van der Waals surface area contributed by atoms with Gasteiger partial charge in [-0.25, -0.2) is 38.7 Å². The Morgan fingerprint density at radius 1 is 0.727 bits per heavy atom. The van der Waals surface area contributed by atoms with Gasteiger partial charge in [-0.1, -0.05) is 0 Å². The van der Waals surface area contributed by atoms with E-state index in [9.17, 15) is 9.13 Å². The van der Waals surface area contributed by atoms with E-state index in [2.05, 4.69) is 29.9 Å². The molecule has 230 valence electrons. The minimum absolute atomic E-state index is 0.0362. The van der Waals surface area contributed by atoms with E-state index in [1.165, 1.54) is 21.8 Å². The van der Waals surface area contributed by atoms with Gasteiger partial charge in [0.15, 0.2) is 47.7 Å². The molecule has 0 amide bonds. The highest BCUT2D eigenvalue weighted by Crippen LogP contribution is 2.54. The third-order valence-electron chi connectivity index (χ3n) is 7.23. The van der Waals surface area contributed by atoms with Crippen LogP contribution in [-0.2, 0) is 36.7 Å². The van der Waals surface area contributed by atoms with Crippen LogP contribution < -0.4 is 11.5 Å². The molecule has 6 radical (unpaired) electrons. The van der Waals surface area contributed by atoms with Crippen LogP contribution in [0.5, 0.6) is 0 Å². The number of alkyl halides is 2. The maximum Gasteiger partial charge on any atom is 0.174 e. The molecule has 0 aliphatic carbocycles. The van der Waals surface area contributed by atoms with Gasteiger partial charge >= 0.3 is 0 Å². The van der Waals surface area contributed by atoms with E-state index in [1.54, 1.807) is 0 Å². The fraction of sp³-hybridized carbons (Fsp3) is 0.500. The van der Waals surface area contributed by atoms with Crippen molar-refractivity contribution < 1.29 is 45.5 Å². The van der Waals surface area contributed by atoms with Gasteiger partial charge in [0.1, 0.15) is 48.1 Å². The number of halogens is 2. The Balaban J connectivity index is 1.17. The van der Waals surface area contributed by atoms with Crippen molar-refractivity contribution in [2.75, 3.05) is 24.7 Å². The lowest BCUT2D eigenvalue weighted by Gasteiger charge is -2.37. The van der Waals surface area contributed by atoms with Crippen molar-refractivity contribution in [3.05, 3.63) is 25.3 Å². The lowest BCUT2D eigenvalue weighted by molar-refractivity contribution is -0.0548. The second kappa shape index (κ2) is 10.8. The molecule has 18 nitrogen and oxygen atoms in total. The van der Waals surface area contributed by atoms with E-state index >= 15 is 8.78 Å². The molecule has 4 aromatic heterocycles. The highest BCUT2D eigenvalue weighted by Gasteiger charge is 2.51. The highest BCUT2D eigenvalue weighted by molar-refractivity contribution is 7.79. The molecule has 3 fully saturated rings. The summed E-state index contributed by atoms with van der Waals surface area (Å²) in [6.45, 7) is -1.44. The van der Waals surface area contributed by atoms with Gasteiger partial charge in [-0.15, -0.1) is 0 Å². The molecule has 4 N–H and O–H groups in total. The molecule has 24 heteroatoms. The summed E-state index contributed by atoms with van der Waals surface area (Å²) in [6.07, 6.45) is -8.62. The molecule has 0 saturated carbocycles. The average Bonchev–Trinajstić information content (AvgIpc) is 3.73. The zero-order valence-corrected chi connectivity index (χ0v) is 23.9. The van der Waals surface area contributed by atoms with E-state index in [1.807, 2.05) is 0 Å². The number of nitrogens with two attached hydrogens (primary N) is 2. The summed E-state index contributed by atoms with van der Waals surface area (Å²) in [7, 11) is 2.45. The van der Waals surface area contributed by atoms with E-state index in [4.69, 9.17) is 54.2 Å². The Hall–Kier alpha value is -3.09. The predicted octanol–water partition coefficient (Wildman–Crippen LogP) is 0.672. The molecule has 3 saturated heterocycles. The van der Waals surface area contributed by atoms with Crippen LogP contribution in [0.2, 0.25) is 0 Å². The number of hydrogen-bond donors (Lipinski definition) is 2. The Morgan fingerprint density at radius 2 is 1.14 bits per heavy atom. The SMILES string of the molecule is [B-][P@@]1(=O)OC[C@H]2O[C@@H](n3cnc4c(N)ncnc43)C(F)[C@H]2O[P@]([B-])(=O)OC[C@H]2O[C@@H](n3cnc4c(N)ncnc43)[C@@H](F)C2O1. The zero-order chi connectivity index (χ0) is 31.0. The van der Waals surface area contributed by atoms with Gasteiger partial charge in [-0.2, -0.15) is 0 Å². The summed E-state index contributed by atoms with van der Waals surface area (Å²) < 4.78 is 93.7. The predicted molar refractivity (Wildman–Crippen MR) is 145 cm³/mol. The summed E-state index contributed by atoms with van der Waals surface area (Å²) >= 11 is 0. The van der Waals surface area contributed by atoms with Crippen molar-refractivity contribution in [3.63, 3.8) is 0 Å². The van der Waals surface area contributed by atoms with Crippen molar-refractivity contribution in [3.8, 4) is 0 Å². The topological polar surface area (TPSA) is 229 Å². The van der Waals surface area contributed by atoms with Gasteiger partial charge in [-0.3, -0.25) is 9.13 Å². The van der Waals surface area contributed by atoms with Crippen molar-refractivity contribution in [1.82, 2.24) is 39.0 Å². The molecule has 0 bridgehead atoms. The summed E-state index contributed by atoms with van der Waals surface area (Å²) in [5.74, 6) is 0.0724. The number of fused-ring (bicyclic) bond motifs is 4. The molecular weight excluding hydrogens is 630 g/mol. The number of hydrogen-bond acceptors (Lipinski definition) is 16. The van der Waals surface area contributed by atoms with Gasteiger partial charge in [0.2, 0.25) is 0 Å². The Morgan fingerprint density at radius 3 is 1.55 bits per heavy atom. The molecule has 44 heavy (non-hydrogen) atoms. The molecule has 0 spiro atoms. The highest BCUT2D eigenvalue weighted by atomic mass is 31.2. The number of rotatable bonds is 2. The molecule has 7 heterocycles. The quantitative estimate of drug-likeness (QED) is 0.224. The van der Waals surface area contributed by atoms with Crippen LogP contribution in [0, 0.1) is 0 Å². The molecule has 3 aliphatic heterocycles. The minimum atomic E-state index is -4.59. The fourth-order valence-electron chi connectivity index (χ4n) is 5.22. The van der Waals surface area contributed by atoms with E-state index < -0.39 is 77.4 Å². The largest absolute Gasteiger partial charge is 0.444 e. The monoisotopic (exact) mass is 650 g/mol. The standard InChI is InChI=1S/C20H20B2F2N10O8P2/c21-43(35)37-1-7-13(9(23)19(39-7)33-5-31-11-15(25)27-3-29-17(11)33)41-44(22,36)38-2-8-14(42-43)10(24)20(40-8)34-6-32-12-16(26)28-4-30-18(12)34/h3-10,13-14,19-20H,1-2H2,(H2,25,27,29)(H2,26,28,30)/q-2/t7-,8-,9+,10?,13?,14+,19-,20-,43-,44-/m1/s1. The molecule has 3 aliphatic rings. The first-order valence-electron chi connectivity index (χ1n) is 12.8. The van der Waals surface area contributed by atoms with E-state index in [-0.39, 0.29) is 34.0 Å². The normalized spacial score (nSPS) is 38.3. The number of nitrogens with zero attached hydrogens (tertiary/aromatic N) is 8. The summed E-state index contributed by atoms with van der Waals surface area (Å²) in [5, 5.41) is 0. The second-order valence-electron chi connectivity index (χ2n) is 10.00. The molecule has 4 aromatic rings. The minimum Gasteiger partial charge on any atom is -0.444 e. The summed E-state index contributed by atoms with van der Waals surface area (Å²) in [6, 6.07) is 0. The Kier molecular flexibility index (Phi) is 7.25. The number of ether oxygens (including phenoxy) is 2. The average molecular weight is 650 g/mol. The van der Waals surface area contributed by atoms with Crippen LogP contribution in [0.3, 0.4) is 0 Å². The van der Waals surface area contributed by atoms with Crippen LogP contribution in [0.25, 0.3) is 22.3 Å². The van der Waals surface area contributed by atoms with Crippen LogP contribution >= 0.6 is 14.9 Å². The van der Waals surface area contributed by atoms with Gasteiger partial charge in [0.05, 0.1) is 40.8 Å². The smallest absolute Gasteiger partial charge is 0.174 e. The Labute approximate surface area is 247 Å². The van der Waals surface area contributed by atoms with Crippen LogP contribution in [0.4, 0.5) is 20.4 Å². The van der Waals surface area contributed by atoms with Crippen LogP contribution in [-0.4, -0.2) is 104 Å². The van der Waals surface area contributed by atoms with Gasteiger partial charge in [0.25, 0.3) is 0 Å². The van der Waals surface area contributed by atoms with Crippen molar-refractivity contribution in [2.24, 2.45) is 0 Å². The fourth-order valence-corrected chi connectivity index (χ4v) is 7.24. The number of aromatic nitrogens is 8.